The highest BCUT2D eigenvalue weighted by Gasteiger charge is 2.34. The van der Waals surface area contributed by atoms with Crippen LogP contribution in [0.15, 0.2) is 18.2 Å². The normalized spacial score (nSPS) is 20.1. The molecule has 0 spiro atoms. The molecule has 5 nitrogen and oxygen atoms in total. The summed E-state index contributed by atoms with van der Waals surface area (Å²) in [5.74, 6) is 1.92. The molecule has 2 aliphatic rings. The molecular weight excluding hydrogens is 256 g/mol. The zero-order chi connectivity index (χ0) is 14.1. The first-order chi connectivity index (χ1) is 9.65. The third kappa shape index (κ3) is 2.72. The molecule has 3 N–H and O–H groups in total. The molecular formula is C15H20N2O3. The fraction of sp³-hybridized carbons (Fsp3) is 0.533. The van der Waals surface area contributed by atoms with Gasteiger partial charge in [-0.15, -0.1) is 0 Å². The molecule has 0 bridgehead atoms. The standard InChI is InChI=1S/C15H20N2O3/c1-9(16)15(18)17-14(10-2-3-10)11-4-5-12-13(8-11)20-7-6-19-12/h4-5,8-10,14H,2-3,6-7,16H2,1H3,(H,17,18)/t9-,14?/m1/s1. The summed E-state index contributed by atoms with van der Waals surface area (Å²) in [5, 5.41) is 3.04. The van der Waals surface area contributed by atoms with E-state index in [0.29, 0.717) is 19.1 Å². The molecule has 1 unspecified atom stereocenters. The van der Waals surface area contributed by atoms with Gasteiger partial charge in [-0.2, -0.15) is 0 Å². The minimum atomic E-state index is -0.492. The number of nitrogens with two attached hydrogens (primary N) is 1. The molecule has 0 aromatic heterocycles. The third-order valence-electron chi connectivity index (χ3n) is 3.73. The van der Waals surface area contributed by atoms with Crippen LogP contribution in [0, 0.1) is 5.92 Å². The van der Waals surface area contributed by atoms with Crippen LogP contribution in [-0.2, 0) is 4.79 Å². The summed E-state index contributed by atoms with van der Waals surface area (Å²) < 4.78 is 11.1. The molecule has 3 rings (SSSR count). The zero-order valence-electron chi connectivity index (χ0n) is 11.6. The molecule has 1 aromatic carbocycles. The summed E-state index contributed by atoms with van der Waals surface area (Å²) in [6.45, 7) is 2.85. The largest absolute Gasteiger partial charge is 0.486 e. The Morgan fingerprint density at radius 3 is 2.65 bits per heavy atom. The molecule has 1 aliphatic carbocycles. The first-order valence-corrected chi connectivity index (χ1v) is 7.10. The van der Waals surface area contributed by atoms with Gasteiger partial charge in [-0.3, -0.25) is 4.79 Å². The van der Waals surface area contributed by atoms with Crippen molar-refractivity contribution in [3.05, 3.63) is 23.8 Å². The van der Waals surface area contributed by atoms with Crippen molar-refractivity contribution in [2.75, 3.05) is 13.2 Å². The SMILES string of the molecule is C[C@@H](N)C(=O)NC(c1ccc2c(c1)OCCO2)C1CC1. The topological polar surface area (TPSA) is 73.6 Å². The van der Waals surface area contributed by atoms with Crippen molar-refractivity contribution in [1.82, 2.24) is 5.32 Å². The van der Waals surface area contributed by atoms with Gasteiger partial charge in [-0.25, -0.2) is 0 Å². The van der Waals surface area contributed by atoms with E-state index in [1.54, 1.807) is 6.92 Å². The molecule has 1 saturated carbocycles. The average molecular weight is 276 g/mol. The number of nitrogens with one attached hydrogen (secondary N) is 1. The number of rotatable bonds is 4. The summed E-state index contributed by atoms with van der Waals surface area (Å²) in [6, 6.07) is 5.41. The van der Waals surface area contributed by atoms with Crippen molar-refractivity contribution in [1.29, 1.82) is 0 Å². The van der Waals surface area contributed by atoms with Crippen molar-refractivity contribution in [2.24, 2.45) is 11.7 Å². The predicted octanol–water partition coefficient (Wildman–Crippen LogP) is 1.37. The Balaban J connectivity index is 1.82. The van der Waals surface area contributed by atoms with Gasteiger partial charge in [0, 0.05) is 0 Å². The summed E-state index contributed by atoms with van der Waals surface area (Å²) in [7, 11) is 0. The number of carbonyl (C=O) groups excluding carboxylic acids is 1. The maximum absolute atomic E-state index is 11.9. The van der Waals surface area contributed by atoms with E-state index in [2.05, 4.69) is 5.32 Å². The van der Waals surface area contributed by atoms with Gasteiger partial charge < -0.3 is 20.5 Å². The lowest BCUT2D eigenvalue weighted by molar-refractivity contribution is -0.122. The lowest BCUT2D eigenvalue weighted by Gasteiger charge is -2.23. The molecule has 5 heteroatoms. The second-order valence-electron chi connectivity index (χ2n) is 5.52. The highest BCUT2D eigenvalue weighted by atomic mass is 16.6. The first kappa shape index (κ1) is 13.2. The molecule has 1 amide bonds. The monoisotopic (exact) mass is 276 g/mol. The Labute approximate surface area is 118 Å². The van der Waals surface area contributed by atoms with Crippen LogP contribution in [0.5, 0.6) is 11.5 Å². The van der Waals surface area contributed by atoms with Crippen LogP contribution in [0.1, 0.15) is 31.4 Å². The van der Waals surface area contributed by atoms with Gasteiger partial charge in [-0.05, 0) is 43.4 Å². The van der Waals surface area contributed by atoms with Gasteiger partial charge in [0.05, 0.1) is 12.1 Å². The van der Waals surface area contributed by atoms with Crippen molar-refractivity contribution in [3.63, 3.8) is 0 Å². The molecule has 1 heterocycles. The van der Waals surface area contributed by atoms with Crippen LogP contribution in [0.3, 0.4) is 0 Å². The Morgan fingerprint density at radius 2 is 2.00 bits per heavy atom. The molecule has 1 fully saturated rings. The molecule has 0 saturated heterocycles. The number of carbonyl (C=O) groups is 1. The Morgan fingerprint density at radius 1 is 1.30 bits per heavy atom. The molecule has 0 radical (unpaired) electrons. The highest BCUT2D eigenvalue weighted by Crippen LogP contribution is 2.43. The number of benzene rings is 1. The molecule has 20 heavy (non-hydrogen) atoms. The lowest BCUT2D eigenvalue weighted by atomic mass is 10.0. The first-order valence-electron chi connectivity index (χ1n) is 7.10. The fourth-order valence-electron chi connectivity index (χ4n) is 2.44. The number of amides is 1. The van der Waals surface area contributed by atoms with E-state index >= 15 is 0 Å². The van der Waals surface area contributed by atoms with Crippen LogP contribution < -0.4 is 20.5 Å². The number of fused-ring (bicyclic) bond motifs is 1. The van der Waals surface area contributed by atoms with Crippen LogP contribution in [0.25, 0.3) is 0 Å². The maximum atomic E-state index is 11.9. The Kier molecular flexibility index (Phi) is 3.53. The van der Waals surface area contributed by atoms with E-state index in [0.717, 1.165) is 29.9 Å². The van der Waals surface area contributed by atoms with E-state index < -0.39 is 6.04 Å². The second-order valence-corrected chi connectivity index (χ2v) is 5.52. The van der Waals surface area contributed by atoms with Crippen LogP contribution >= 0.6 is 0 Å². The average Bonchev–Trinajstić information content (AvgIpc) is 3.28. The third-order valence-corrected chi connectivity index (χ3v) is 3.73. The molecule has 1 aliphatic heterocycles. The molecule has 2 atom stereocenters. The fourth-order valence-corrected chi connectivity index (χ4v) is 2.44. The Hall–Kier alpha value is -1.75. The lowest BCUT2D eigenvalue weighted by Crippen LogP contribution is -2.41. The van der Waals surface area contributed by atoms with Crippen molar-refractivity contribution in [3.8, 4) is 11.5 Å². The summed E-state index contributed by atoms with van der Waals surface area (Å²) in [6.07, 6.45) is 2.27. The van der Waals surface area contributed by atoms with Gasteiger partial charge in [0.2, 0.25) is 5.91 Å². The summed E-state index contributed by atoms with van der Waals surface area (Å²) >= 11 is 0. The smallest absolute Gasteiger partial charge is 0.237 e. The summed E-state index contributed by atoms with van der Waals surface area (Å²) in [4.78, 5) is 11.9. The van der Waals surface area contributed by atoms with Gasteiger partial charge in [-0.1, -0.05) is 6.07 Å². The van der Waals surface area contributed by atoms with Crippen molar-refractivity contribution < 1.29 is 14.3 Å². The number of hydrogen-bond donors (Lipinski definition) is 2. The van der Waals surface area contributed by atoms with Gasteiger partial charge in [0.15, 0.2) is 11.5 Å². The van der Waals surface area contributed by atoms with Crippen molar-refractivity contribution >= 4 is 5.91 Å². The zero-order valence-corrected chi connectivity index (χ0v) is 11.6. The van der Waals surface area contributed by atoms with Gasteiger partial charge in [0.1, 0.15) is 13.2 Å². The number of ether oxygens (including phenoxy) is 2. The van der Waals surface area contributed by atoms with E-state index in [9.17, 15) is 4.79 Å². The quantitative estimate of drug-likeness (QED) is 0.871. The van der Waals surface area contributed by atoms with Crippen LogP contribution in [-0.4, -0.2) is 25.2 Å². The highest BCUT2D eigenvalue weighted by molar-refractivity contribution is 5.81. The van der Waals surface area contributed by atoms with Gasteiger partial charge in [0.25, 0.3) is 0 Å². The van der Waals surface area contributed by atoms with Crippen LogP contribution in [0.4, 0.5) is 0 Å². The van der Waals surface area contributed by atoms with E-state index in [-0.39, 0.29) is 11.9 Å². The Bertz CT molecular complexity index is 512. The summed E-state index contributed by atoms with van der Waals surface area (Å²) in [5.41, 5.74) is 6.70. The number of hydrogen-bond acceptors (Lipinski definition) is 4. The second kappa shape index (κ2) is 5.32. The minimum absolute atomic E-state index is 0.0179. The molecule has 108 valence electrons. The van der Waals surface area contributed by atoms with Crippen molar-refractivity contribution in [2.45, 2.75) is 31.8 Å². The minimum Gasteiger partial charge on any atom is -0.486 e. The van der Waals surface area contributed by atoms with Crippen LogP contribution in [0.2, 0.25) is 0 Å². The van der Waals surface area contributed by atoms with E-state index in [1.165, 1.54) is 0 Å². The van der Waals surface area contributed by atoms with E-state index in [1.807, 2.05) is 18.2 Å². The predicted molar refractivity (Wildman–Crippen MR) is 74.7 cm³/mol. The maximum Gasteiger partial charge on any atom is 0.237 e. The molecule has 1 aromatic rings. The van der Waals surface area contributed by atoms with E-state index in [4.69, 9.17) is 15.2 Å². The van der Waals surface area contributed by atoms with Gasteiger partial charge >= 0.3 is 0 Å².